The number of ether oxygens (including phenoxy) is 1. The topological polar surface area (TPSA) is 92.7 Å². The highest BCUT2D eigenvalue weighted by atomic mass is 32.2. The number of carbonyl (C=O) groups is 1. The van der Waals surface area contributed by atoms with Crippen molar-refractivity contribution >= 4 is 16.0 Å². The van der Waals surface area contributed by atoms with E-state index in [0.29, 0.717) is 6.42 Å². The first-order valence-corrected chi connectivity index (χ1v) is 8.70. The fourth-order valence-corrected chi connectivity index (χ4v) is 3.64. The first kappa shape index (κ1) is 18.6. The van der Waals surface area contributed by atoms with E-state index in [1.807, 2.05) is 30.3 Å². The lowest BCUT2D eigenvalue weighted by Gasteiger charge is -2.21. The molecule has 1 unspecified atom stereocenters. The number of hydrogen-bond acceptors (Lipinski definition) is 4. The summed E-state index contributed by atoms with van der Waals surface area (Å²) in [5.74, 6) is -1.81. The van der Waals surface area contributed by atoms with Gasteiger partial charge in [-0.25, -0.2) is 13.1 Å². The van der Waals surface area contributed by atoms with Crippen molar-refractivity contribution in [1.82, 2.24) is 4.72 Å². The molecule has 0 aliphatic carbocycles. The van der Waals surface area contributed by atoms with Gasteiger partial charge in [0, 0.05) is 7.11 Å². The van der Waals surface area contributed by atoms with E-state index in [1.165, 1.54) is 7.11 Å². The second-order valence-electron chi connectivity index (χ2n) is 5.51. The molecule has 2 atom stereocenters. The van der Waals surface area contributed by atoms with Crippen LogP contribution in [0.3, 0.4) is 0 Å². The van der Waals surface area contributed by atoms with Crippen molar-refractivity contribution in [3.8, 4) is 0 Å². The lowest BCUT2D eigenvalue weighted by molar-refractivity contribution is -0.140. The standard InChI is InChI=1S/C15H23NO5S/c1-11(2)14(15(17)18)16-22(19,20)10-13(21-3)9-12-7-5-4-6-8-12/h4-8,11,13-14,16H,9-10H2,1-3H3,(H,17,18)/t13?,14-/m0/s1. The van der Waals surface area contributed by atoms with Gasteiger partial charge in [-0.3, -0.25) is 4.79 Å². The zero-order valence-corrected chi connectivity index (χ0v) is 13.8. The Hall–Kier alpha value is -1.44. The third kappa shape index (κ3) is 6.13. The Morgan fingerprint density at radius 2 is 1.86 bits per heavy atom. The number of sulfonamides is 1. The van der Waals surface area contributed by atoms with Crippen LogP contribution in [0.4, 0.5) is 0 Å². The van der Waals surface area contributed by atoms with Gasteiger partial charge in [-0.15, -0.1) is 0 Å². The molecule has 0 spiro atoms. The quantitative estimate of drug-likeness (QED) is 0.712. The van der Waals surface area contributed by atoms with E-state index in [1.54, 1.807) is 13.8 Å². The Morgan fingerprint density at radius 1 is 1.27 bits per heavy atom. The second kappa shape index (κ2) is 8.26. The average molecular weight is 329 g/mol. The molecule has 0 saturated heterocycles. The minimum Gasteiger partial charge on any atom is -0.480 e. The molecule has 6 nitrogen and oxygen atoms in total. The summed E-state index contributed by atoms with van der Waals surface area (Å²) >= 11 is 0. The Labute approximate surface area is 131 Å². The maximum absolute atomic E-state index is 12.2. The molecule has 1 aromatic carbocycles. The Bertz CT molecular complexity index is 571. The summed E-state index contributed by atoms with van der Waals surface area (Å²) in [5, 5.41) is 9.08. The Morgan fingerprint density at radius 3 is 2.32 bits per heavy atom. The number of methoxy groups -OCH3 is 1. The van der Waals surface area contributed by atoms with Crippen LogP contribution < -0.4 is 4.72 Å². The summed E-state index contributed by atoms with van der Waals surface area (Å²) in [5.41, 5.74) is 0.961. The van der Waals surface area contributed by atoms with Gasteiger partial charge in [-0.2, -0.15) is 0 Å². The summed E-state index contributed by atoms with van der Waals surface area (Å²) in [6.45, 7) is 3.30. The fourth-order valence-electron chi connectivity index (χ4n) is 2.05. The number of hydrogen-bond donors (Lipinski definition) is 2. The molecule has 124 valence electrons. The van der Waals surface area contributed by atoms with E-state index in [4.69, 9.17) is 9.84 Å². The summed E-state index contributed by atoms with van der Waals surface area (Å²) < 4.78 is 31.8. The van der Waals surface area contributed by atoms with Gasteiger partial charge in [0.05, 0.1) is 11.9 Å². The van der Waals surface area contributed by atoms with E-state index in [-0.39, 0.29) is 11.7 Å². The van der Waals surface area contributed by atoms with Gasteiger partial charge < -0.3 is 9.84 Å². The lowest BCUT2D eigenvalue weighted by Crippen LogP contribution is -2.46. The number of carboxylic acids is 1. The molecule has 1 rings (SSSR count). The van der Waals surface area contributed by atoms with E-state index < -0.39 is 28.1 Å². The van der Waals surface area contributed by atoms with E-state index in [2.05, 4.69) is 4.72 Å². The molecule has 0 amide bonds. The predicted octanol–water partition coefficient (Wildman–Crippen LogP) is 1.27. The van der Waals surface area contributed by atoms with Gasteiger partial charge in [0.25, 0.3) is 0 Å². The minimum atomic E-state index is -3.76. The first-order valence-electron chi connectivity index (χ1n) is 7.04. The molecular weight excluding hydrogens is 306 g/mol. The Kier molecular flexibility index (Phi) is 6.99. The monoisotopic (exact) mass is 329 g/mol. The highest BCUT2D eigenvalue weighted by Crippen LogP contribution is 2.09. The number of rotatable bonds is 9. The molecule has 0 aliphatic heterocycles. The van der Waals surface area contributed by atoms with Crippen molar-refractivity contribution < 1.29 is 23.1 Å². The largest absolute Gasteiger partial charge is 0.480 e. The molecule has 1 aromatic rings. The summed E-state index contributed by atoms with van der Waals surface area (Å²) in [7, 11) is -2.31. The maximum atomic E-state index is 12.2. The fraction of sp³-hybridized carbons (Fsp3) is 0.533. The van der Waals surface area contributed by atoms with Gasteiger partial charge in [0.2, 0.25) is 10.0 Å². The van der Waals surface area contributed by atoms with E-state index in [9.17, 15) is 13.2 Å². The van der Waals surface area contributed by atoms with Gasteiger partial charge in [0.1, 0.15) is 6.04 Å². The highest BCUT2D eigenvalue weighted by molar-refractivity contribution is 7.89. The molecule has 0 aliphatic rings. The van der Waals surface area contributed by atoms with Crippen LogP contribution >= 0.6 is 0 Å². The van der Waals surface area contributed by atoms with Crippen LogP contribution in [0.15, 0.2) is 30.3 Å². The third-order valence-electron chi connectivity index (χ3n) is 3.28. The lowest BCUT2D eigenvalue weighted by atomic mass is 10.1. The zero-order chi connectivity index (χ0) is 16.8. The van der Waals surface area contributed by atoms with Gasteiger partial charge in [-0.1, -0.05) is 44.2 Å². The van der Waals surface area contributed by atoms with Crippen molar-refractivity contribution in [3.05, 3.63) is 35.9 Å². The van der Waals surface area contributed by atoms with Gasteiger partial charge in [-0.05, 0) is 17.9 Å². The van der Waals surface area contributed by atoms with Crippen molar-refractivity contribution in [2.45, 2.75) is 32.4 Å². The van der Waals surface area contributed by atoms with Crippen LogP contribution in [0.5, 0.6) is 0 Å². The van der Waals surface area contributed by atoms with Crippen molar-refractivity contribution in [2.75, 3.05) is 12.9 Å². The number of carboxylic acid groups (broad SMARTS) is 1. The maximum Gasteiger partial charge on any atom is 0.321 e. The van der Waals surface area contributed by atoms with Crippen LogP contribution in [0, 0.1) is 5.92 Å². The summed E-state index contributed by atoms with van der Waals surface area (Å²) in [4.78, 5) is 11.1. The minimum absolute atomic E-state index is 0.283. The van der Waals surface area contributed by atoms with Gasteiger partial charge in [0.15, 0.2) is 0 Å². The molecule has 7 heteroatoms. The number of benzene rings is 1. The molecule has 0 radical (unpaired) electrons. The van der Waals surface area contributed by atoms with E-state index >= 15 is 0 Å². The number of nitrogens with one attached hydrogen (secondary N) is 1. The predicted molar refractivity (Wildman–Crippen MR) is 84.1 cm³/mol. The smallest absolute Gasteiger partial charge is 0.321 e. The van der Waals surface area contributed by atoms with E-state index in [0.717, 1.165) is 5.56 Å². The van der Waals surface area contributed by atoms with Gasteiger partial charge >= 0.3 is 5.97 Å². The molecular formula is C15H23NO5S. The zero-order valence-electron chi connectivity index (χ0n) is 13.0. The summed E-state index contributed by atoms with van der Waals surface area (Å²) in [6, 6.07) is 8.26. The average Bonchev–Trinajstić information content (AvgIpc) is 2.44. The third-order valence-corrected chi connectivity index (χ3v) is 4.71. The molecule has 22 heavy (non-hydrogen) atoms. The Balaban J connectivity index is 2.74. The molecule has 0 bridgehead atoms. The molecule has 0 fully saturated rings. The summed E-state index contributed by atoms with van der Waals surface area (Å²) in [6.07, 6.45) is -0.0981. The van der Waals surface area contributed by atoms with Crippen molar-refractivity contribution in [1.29, 1.82) is 0 Å². The molecule has 0 heterocycles. The second-order valence-corrected chi connectivity index (χ2v) is 7.31. The molecule has 0 aromatic heterocycles. The van der Waals surface area contributed by atoms with Crippen LogP contribution in [-0.4, -0.2) is 44.5 Å². The normalized spacial score (nSPS) is 14.7. The molecule has 2 N–H and O–H groups in total. The van der Waals surface area contributed by atoms with Crippen LogP contribution in [0.2, 0.25) is 0 Å². The van der Waals surface area contributed by atoms with Crippen molar-refractivity contribution in [2.24, 2.45) is 5.92 Å². The first-order chi connectivity index (χ1) is 10.2. The highest BCUT2D eigenvalue weighted by Gasteiger charge is 2.28. The van der Waals surface area contributed by atoms with Crippen LogP contribution in [0.1, 0.15) is 19.4 Å². The van der Waals surface area contributed by atoms with Crippen LogP contribution in [-0.2, 0) is 26.0 Å². The molecule has 0 saturated carbocycles. The SMILES string of the molecule is COC(Cc1ccccc1)CS(=O)(=O)N[C@H](C(=O)O)C(C)C. The van der Waals surface area contributed by atoms with Crippen LogP contribution in [0.25, 0.3) is 0 Å². The number of aliphatic carboxylic acids is 1. The van der Waals surface area contributed by atoms with Crippen molar-refractivity contribution in [3.63, 3.8) is 0 Å².